The molecule has 0 unspecified atom stereocenters. The molecule has 0 aliphatic carbocycles. The van der Waals surface area contributed by atoms with E-state index >= 15 is 0 Å². The molecule has 436 valence electrons. The van der Waals surface area contributed by atoms with Crippen molar-refractivity contribution in [2.24, 2.45) is 0 Å². The van der Waals surface area contributed by atoms with E-state index in [1.54, 1.807) is 0 Å². The predicted octanol–water partition coefficient (Wildman–Crippen LogP) is 22.4. The molecule has 0 N–H and O–H groups in total. The molecule has 1 aromatic heterocycles. The normalized spacial score (nSPS) is 13.4. The van der Waals surface area contributed by atoms with E-state index in [1.165, 1.54) is 132 Å². The van der Waals surface area contributed by atoms with Crippen LogP contribution in [0, 0.1) is 0 Å². The van der Waals surface area contributed by atoms with Crippen LogP contribution in [0.3, 0.4) is 0 Å². The third kappa shape index (κ3) is 9.64. The zero-order valence-electron chi connectivity index (χ0n) is 53.8. The first-order chi connectivity index (χ1) is 42.0. The number of para-hydroxylation sites is 1. The van der Waals surface area contributed by atoms with E-state index in [2.05, 4.69) is 336 Å². The van der Waals surface area contributed by atoms with Gasteiger partial charge in [-0.2, -0.15) is 0 Å². The molecule has 0 saturated carbocycles. The SMILES string of the molecule is CC(C)c1cc2c3c(c1)N(c1c(-c4ccccc4)cc(C(C)(C)C)c4c1ccc1ccccc14)c1cc(N(c4ccccc4)c4ccc(C(C)(C)C)cc4-c4ccccc4)ccc1B3c1sc3ccc(C(C)(C)C)cc3c1N2c1ccc(C(C)(C)C)cc1. The van der Waals surface area contributed by atoms with Gasteiger partial charge >= 0.3 is 0 Å². The Balaban J connectivity index is 1.16. The van der Waals surface area contributed by atoms with Crippen molar-refractivity contribution < 1.29 is 0 Å². The number of thiophene rings is 1. The van der Waals surface area contributed by atoms with Crippen molar-refractivity contribution >= 4 is 117 Å². The van der Waals surface area contributed by atoms with Crippen LogP contribution in [0.1, 0.15) is 131 Å². The summed E-state index contributed by atoms with van der Waals surface area (Å²) in [5.74, 6) is 0.214. The van der Waals surface area contributed by atoms with Crippen LogP contribution in [0.25, 0.3) is 53.9 Å². The number of anilines is 9. The minimum atomic E-state index is -0.193. The Morgan fingerprint density at radius 1 is 0.420 bits per heavy atom. The van der Waals surface area contributed by atoms with Gasteiger partial charge in [-0.15, -0.1) is 11.3 Å². The lowest BCUT2D eigenvalue weighted by molar-refractivity contribution is 0.590. The second-order valence-electron chi connectivity index (χ2n) is 29.2. The summed E-state index contributed by atoms with van der Waals surface area (Å²) in [7, 11) is 0. The molecule has 3 heterocycles. The van der Waals surface area contributed by atoms with E-state index in [-0.39, 0.29) is 34.3 Å². The molecule has 0 fully saturated rings. The summed E-state index contributed by atoms with van der Waals surface area (Å²) in [6.07, 6.45) is 0. The average Bonchev–Trinajstić information content (AvgIpc) is 1.18. The monoisotopic (exact) mass is 1160 g/mol. The van der Waals surface area contributed by atoms with Crippen LogP contribution in [-0.2, 0) is 21.7 Å². The van der Waals surface area contributed by atoms with Gasteiger partial charge in [0.25, 0.3) is 6.71 Å². The fourth-order valence-electron chi connectivity index (χ4n) is 14.0. The van der Waals surface area contributed by atoms with Gasteiger partial charge in [0, 0.05) is 65.5 Å². The molecular formula is C83H80BN3S. The van der Waals surface area contributed by atoms with E-state index in [0.717, 1.165) is 17.1 Å². The number of benzene rings is 11. The number of hydrogen-bond donors (Lipinski definition) is 0. The zero-order valence-corrected chi connectivity index (χ0v) is 54.6. The van der Waals surface area contributed by atoms with Gasteiger partial charge in [-0.3, -0.25) is 0 Å². The van der Waals surface area contributed by atoms with Gasteiger partial charge in [-0.25, -0.2) is 0 Å². The molecule has 0 spiro atoms. The van der Waals surface area contributed by atoms with E-state index in [0.29, 0.717) is 0 Å². The summed E-state index contributed by atoms with van der Waals surface area (Å²) >= 11 is 1.98. The van der Waals surface area contributed by atoms with Crippen LogP contribution in [0.5, 0.6) is 0 Å². The lowest BCUT2D eigenvalue weighted by Gasteiger charge is -2.45. The molecule has 14 rings (SSSR count). The number of hydrogen-bond acceptors (Lipinski definition) is 4. The molecule has 0 amide bonds. The van der Waals surface area contributed by atoms with Gasteiger partial charge in [0.15, 0.2) is 0 Å². The van der Waals surface area contributed by atoms with Gasteiger partial charge in [-0.05, 0) is 172 Å². The topological polar surface area (TPSA) is 9.72 Å². The summed E-state index contributed by atoms with van der Waals surface area (Å²) < 4.78 is 2.67. The Hall–Kier alpha value is -8.64. The number of rotatable bonds is 8. The first-order valence-corrected chi connectivity index (χ1v) is 32.5. The smallest absolute Gasteiger partial charge is 0.264 e. The molecular weight excluding hydrogens is 1080 g/mol. The van der Waals surface area contributed by atoms with Crippen LogP contribution < -0.4 is 30.4 Å². The van der Waals surface area contributed by atoms with Crippen molar-refractivity contribution in [3.05, 3.63) is 252 Å². The Morgan fingerprint density at radius 2 is 1.00 bits per heavy atom. The quantitative estimate of drug-likeness (QED) is 0.111. The lowest BCUT2D eigenvalue weighted by Crippen LogP contribution is -2.60. The van der Waals surface area contributed by atoms with E-state index in [1.807, 2.05) is 11.3 Å². The molecule has 88 heavy (non-hydrogen) atoms. The Morgan fingerprint density at radius 3 is 1.64 bits per heavy atom. The Bertz CT molecular complexity index is 4680. The van der Waals surface area contributed by atoms with Gasteiger partial charge in [0.05, 0.1) is 17.1 Å². The maximum Gasteiger partial charge on any atom is 0.264 e. The lowest BCUT2D eigenvalue weighted by atomic mass is 9.36. The highest BCUT2D eigenvalue weighted by molar-refractivity contribution is 7.33. The van der Waals surface area contributed by atoms with E-state index < -0.39 is 0 Å². The molecule has 3 nitrogen and oxygen atoms in total. The molecule has 12 aromatic rings. The minimum Gasteiger partial charge on any atom is -0.310 e. The number of fused-ring (bicyclic) bond motifs is 9. The minimum absolute atomic E-state index is 0.00462. The maximum atomic E-state index is 2.74. The second-order valence-corrected chi connectivity index (χ2v) is 30.3. The van der Waals surface area contributed by atoms with Crippen LogP contribution >= 0.6 is 11.3 Å². The Kier molecular flexibility index (Phi) is 13.6. The Labute approximate surface area is 527 Å². The first kappa shape index (κ1) is 57.1. The standard InChI is InChI=1S/C83H80BN3S/c1-52(2)56-46-72-76-73(47-56)87(77-64-42-34-55-30-24-25-33-63(55)75(64)68(83(12,13)14)51-66(77)54-28-20-16-21-29-54)71-50-62(85(60-31-22-17-23-32-60)70-44-37-58(81(6,7)8)48-65(70)53-26-18-15-19-27-53)41-43-69(71)84(76)79-78(67-49-59(82(9,10)11)38-45-74(67)88-79)86(72)61-39-35-57(36-40-61)80(3,4)5/h15-52H,1-14H3. The molecule has 2 aliphatic heterocycles. The van der Waals surface area contributed by atoms with Crippen molar-refractivity contribution in [3.63, 3.8) is 0 Å². The van der Waals surface area contributed by atoms with Crippen LogP contribution in [0.15, 0.2) is 224 Å². The van der Waals surface area contributed by atoms with Gasteiger partial charge in [-0.1, -0.05) is 243 Å². The van der Waals surface area contributed by atoms with Crippen LogP contribution in [0.2, 0.25) is 0 Å². The van der Waals surface area contributed by atoms with E-state index in [4.69, 9.17) is 0 Å². The van der Waals surface area contributed by atoms with Gasteiger partial charge in [0.2, 0.25) is 0 Å². The highest BCUT2D eigenvalue weighted by atomic mass is 32.1. The predicted molar refractivity (Wildman–Crippen MR) is 385 cm³/mol. The molecule has 0 atom stereocenters. The zero-order chi connectivity index (χ0) is 61.3. The fraction of sp³-hybridized carbons (Fsp3) is 0.229. The van der Waals surface area contributed by atoms with Crippen molar-refractivity contribution in [1.29, 1.82) is 0 Å². The summed E-state index contributed by atoms with van der Waals surface area (Å²) in [5, 5.41) is 6.34. The molecule has 2 aliphatic rings. The van der Waals surface area contributed by atoms with Crippen LogP contribution in [0.4, 0.5) is 51.2 Å². The van der Waals surface area contributed by atoms with Gasteiger partial charge < -0.3 is 14.7 Å². The summed E-state index contributed by atoms with van der Waals surface area (Å²) in [5.41, 5.74) is 24.2. The van der Waals surface area contributed by atoms with Crippen molar-refractivity contribution in [3.8, 4) is 22.3 Å². The fourth-order valence-corrected chi connectivity index (χ4v) is 15.3. The second kappa shape index (κ2) is 21.0. The van der Waals surface area contributed by atoms with Crippen LogP contribution in [-0.4, -0.2) is 6.71 Å². The molecule has 0 bridgehead atoms. The summed E-state index contributed by atoms with van der Waals surface area (Å²) in [6, 6.07) is 86.3. The van der Waals surface area contributed by atoms with Gasteiger partial charge in [0.1, 0.15) is 0 Å². The highest BCUT2D eigenvalue weighted by Gasteiger charge is 2.47. The van der Waals surface area contributed by atoms with E-state index in [9.17, 15) is 0 Å². The number of nitrogens with zero attached hydrogens (tertiary/aromatic N) is 3. The largest absolute Gasteiger partial charge is 0.310 e. The third-order valence-corrected chi connectivity index (χ3v) is 20.0. The molecule has 0 radical (unpaired) electrons. The average molecular weight is 1160 g/mol. The maximum absolute atomic E-state index is 2.74. The summed E-state index contributed by atoms with van der Waals surface area (Å²) in [4.78, 5) is 7.93. The van der Waals surface area contributed by atoms with Crippen molar-refractivity contribution in [2.75, 3.05) is 14.7 Å². The van der Waals surface area contributed by atoms with Crippen molar-refractivity contribution in [1.82, 2.24) is 0 Å². The summed E-state index contributed by atoms with van der Waals surface area (Å²) in [6.45, 7) is 32.8. The van der Waals surface area contributed by atoms with Crippen molar-refractivity contribution in [2.45, 2.75) is 125 Å². The molecule has 0 saturated heterocycles. The first-order valence-electron chi connectivity index (χ1n) is 31.7. The highest BCUT2D eigenvalue weighted by Crippen LogP contribution is 2.55. The molecule has 11 aromatic carbocycles. The molecule has 5 heteroatoms. The third-order valence-electron chi connectivity index (χ3n) is 18.8.